The molecule has 32 heavy (non-hydrogen) atoms. The number of thiazole rings is 1. The average molecular weight is 447 g/mol. The van der Waals surface area contributed by atoms with E-state index in [1.54, 1.807) is 30.7 Å². The van der Waals surface area contributed by atoms with E-state index >= 15 is 0 Å². The van der Waals surface area contributed by atoms with Crippen LogP contribution >= 0.6 is 11.3 Å². The maximum Gasteiger partial charge on any atom is 0.318 e. The first-order chi connectivity index (χ1) is 15.6. The van der Waals surface area contributed by atoms with Gasteiger partial charge in [-0.2, -0.15) is 0 Å². The molecule has 1 aliphatic rings. The maximum absolute atomic E-state index is 11.6. The highest BCUT2D eigenvalue weighted by Crippen LogP contribution is 2.30. The number of urea groups is 1. The van der Waals surface area contributed by atoms with Gasteiger partial charge in [-0.1, -0.05) is 18.2 Å². The summed E-state index contributed by atoms with van der Waals surface area (Å²) in [7, 11) is 1.61. The number of nitrogens with zero attached hydrogens (tertiary/aromatic N) is 2. The first-order valence-corrected chi connectivity index (χ1v) is 11.3. The van der Waals surface area contributed by atoms with Gasteiger partial charge >= 0.3 is 6.03 Å². The summed E-state index contributed by atoms with van der Waals surface area (Å²) in [5.74, 6) is 0. The molecule has 3 aromatic rings. The summed E-state index contributed by atoms with van der Waals surface area (Å²) in [6, 6.07) is 14.2. The third kappa shape index (κ3) is 5.33. The van der Waals surface area contributed by atoms with Gasteiger partial charge in [0.05, 0.1) is 0 Å². The SMILES string of the molecule is CNC(=O)Nc1ccc2c(c1)CN(c1ncc(Cc3ccc(N/C=C\C=N)cc3)s1)CC2. The zero-order valence-corrected chi connectivity index (χ0v) is 18.7. The van der Waals surface area contributed by atoms with Gasteiger partial charge in [-0.15, -0.1) is 11.3 Å². The second-order valence-electron chi connectivity index (χ2n) is 7.51. The lowest BCUT2D eigenvalue weighted by Crippen LogP contribution is -2.30. The summed E-state index contributed by atoms with van der Waals surface area (Å²) < 4.78 is 0. The van der Waals surface area contributed by atoms with E-state index in [4.69, 9.17) is 5.41 Å². The second-order valence-corrected chi connectivity index (χ2v) is 8.61. The number of carbonyl (C=O) groups excluding carboxylic acids is 1. The van der Waals surface area contributed by atoms with Gasteiger partial charge in [0.2, 0.25) is 0 Å². The van der Waals surface area contributed by atoms with Gasteiger partial charge in [0.25, 0.3) is 0 Å². The zero-order chi connectivity index (χ0) is 22.3. The number of hydrogen-bond acceptors (Lipinski definition) is 6. The molecule has 2 amide bonds. The minimum atomic E-state index is -0.214. The van der Waals surface area contributed by atoms with Gasteiger partial charge in [0, 0.05) is 61.4 Å². The number of fused-ring (bicyclic) bond motifs is 1. The van der Waals surface area contributed by atoms with Crippen molar-refractivity contribution in [2.75, 3.05) is 29.1 Å². The standard InChI is InChI=1S/C24H26N6OS/c1-26-23(31)29-21-8-5-18-9-12-30(16-19(18)14-21)24-28-15-22(32-24)13-17-3-6-20(7-4-17)27-11-2-10-25/h2-8,10-11,14-15,25,27H,9,12-13,16H2,1H3,(H2,26,29,31)/b11-2-,25-10?. The van der Waals surface area contributed by atoms with Gasteiger partial charge in [-0.25, -0.2) is 9.78 Å². The van der Waals surface area contributed by atoms with E-state index in [0.717, 1.165) is 42.4 Å². The highest BCUT2D eigenvalue weighted by Gasteiger charge is 2.19. The predicted molar refractivity (Wildman–Crippen MR) is 132 cm³/mol. The fourth-order valence-corrected chi connectivity index (χ4v) is 4.60. The van der Waals surface area contributed by atoms with Gasteiger partial charge in [-0.05, 0) is 53.5 Å². The Kier molecular flexibility index (Phi) is 6.81. The molecule has 0 bridgehead atoms. The van der Waals surface area contributed by atoms with Crippen molar-refractivity contribution >= 4 is 40.1 Å². The Hall–Kier alpha value is -3.65. The first kappa shape index (κ1) is 21.6. The summed E-state index contributed by atoms with van der Waals surface area (Å²) in [5.41, 5.74) is 5.58. The number of anilines is 3. The molecule has 2 heterocycles. The third-order valence-electron chi connectivity index (χ3n) is 5.29. The molecule has 0 saturated carbocycles. The van der Waals surface area contributed by atoms with Gasteiger partial charge in [0.15, 0.2) is 5.13 Å². The maximum atomic E-state index is 11.6. The van der Waals surface area contributed by atoms with Crippen LogP contribution in [0.2, 0.25) is 0 Å². The van der Waals surface area contributed by atoms with Crippen LogP contribution in [-0.4, -0.2) is 30.8 Å². The van der Waals surface area contributed by atoms with E-state index in [-0.39, 0.29) is 6.03 Å². The van der Waals surface area contributed by atoms with Crippen LogP contribution in [0.25, 0.3) is 0 Å². The van der Waals surface area contributed by atoms with Crippen LogP contribution in [0.3, 0.4) is 0 Å². The van der Waals surface area contributed by atoms with Crippen LogP contribution < -0.4 is 20.9 Å². The first-order valence-electron chi connectivity index (χ1n) is 10.5. The van der Waals surface area contributed by atoms with Crippen molar-refractivity contribution in [1.82, 2.24) is 10.3 Å². The van der Waals surface area contributed by atoms with Gasteiger partial charge in [-0.3, -0.25) is 0 Å². The summed E-state index contributed by atoms with van der Waals surface area (Å²) in [5, 5.41) is 16.6. The van der Waals surface area contributed by atoms with E-state index in [1.807, 2.05) is 24.4 Å². The molecule has 2 aromatic carbocycles. The van der Waals surface area contributed by atoms with E-state index < -0.39 is 0 Å². The molecule has 164 valence electrons. The molecule has 4 N–H and O–H groups in total. The Balaban J connectivity index is 1.40. The second kappa shape index (κ2) is 10.1. The molecule has 1 aromatic heterocycles. The van der Waals surface area contributed by atoms with E-state index in [1.165, 1.54) is 27.8 Å². The summed E-state index contributed by atoms with van der Waals surface area (Å²) in [6.07, 6.45) is 8.41. The Labute approximate surface area is 191 Å². The van der Waals surface area contributed by atoms with Crippen molar-refractivity contribution in [1.29, 1.82) is 5.41 Å². The van der Waals surface area contributed by atoms with Crippen molar-refractivity contribution in [2.24, 2.45) is 0 Å². The highest BCUT2D eigenvalue weighted by atomic mass is 32.1. The van der Waals surface area contributed by atoms with Crippen molar-refractivity contribution in [2.45, 2.75) is 19.4 Å². The molecule has 0 aliphatic carbocycles. The summed E-state index contributed by atoms with van der Waals surface area (Å²) in [4.78, 5) is 19.8. The molecule has 0 atom stereocenters. The molecule has 4 rings (SSSR count). The van der Waals surface area contributed by atoms with Crippen LogP contribution in [0.1, 0.15) is 21.6 Å². The van der Waals surface area contributed by atoms with Crippen molar-refractivity contribution in [3.63, 3.8) is 0 Å². The Morgan fingerprint density at radius 1 is 1.19 bits per heavy atom. The molecule has 8 heteroatoms. The number of nitrogens with one attached hydrogen (secondary N) is 4. The minimum Gasteiger partial charge on any atom is -0.362 e. The van der Waals surface area contributed by atoms with Crippen molar-refractivity contribution in [3.05, 3.63) is 82.5 Å². The Morgan fingerprint density at radius 3 is 2.78 bits per heavy atom. The van der Waals surface area contributed by atoms with Crippen LogP contribution in [0.4, 0.5) is 21.3 Å². The van der Waals surface area contributed by atoms with Gasteiger partial charge in [0.1, 0.15) is 0 Å². The van der Waals surface area contributed by atoms with E-state index in [0.29, 0.717) is 0 Å². The number of carbonyl (C=O) groups is 1. The fourth-order valence-electron chi connectivity index (χ4n) is 3.63. The molecular formula is C24H26N6OS. The van der Waals surface area contributed by atoms with Crippen molar-refractivity contribution < 1.29 is 4.79 Å². The van der Waals surface area contributed by atoms with E-state index in [9.17, 15) is 4.79 Å². The molecule has 0 radical (unpaired) electrons. The van der Waals surface area contributed by atoms with Crippen molar-refractivity contribution in [3.8, 4) is 0 Å². The third-order valence-corrected chi connectivity index (χ3v) is 6.35. The molecule has 0 unspecified atom stereocenters. The Bertz CT molecular complexity index is 1120. The smallest absolute Gasteiger partial charge is 0.318 e. The lowest BCUT2D eigenvalue weighted by atomic mass is 9.99. The Morgan fingerprint density at radius 2 is 2.00 bits per heavy atom. The molecule has 0 fully saturated rings. The summed E-state index contributed by atoms with van der Waals surface area (Å²) >= 11 is 1.73. The zero-order valence-electron chi connectivity index (χ0n) is 17.9. The minimum absolute atomic E-state index is 0.214. The number of hydrogen-bond donors (Lipinski definition) is 4. The topological polar surface area (TPSA) is 93.1 Å². The average Bonchev–Trinajstić information content (AvgIpc) is 3.28. The van der Waals surface area contributed by atoms with Crippen LogP contribution in [0.15, 0.2) is 60.9 Å². The van der Waals surface area contributed by atoms with Crippen LogP contribution in [0.5, 0.6) is 0 Å². The molecule has 0 saturated heterocycles. The monoisotopic (exact) mass is 446 g/mol. The number of allylic oxidation sites excluding steroid dienone is 1. The predicted octanol–water partition coefficient (Wildman–Crippen LogP) is 4.62. The molecular weight excluding hydrogens is 420 g/mol. The van der Waals surface area contributed by atoms with Gasteiger partial charge < -0.3 is 26.3 Å². The number of rotatable bonds is 7. The number of benzene rings is 2. The number of amides is 2. The quantitative estimate of drug-likeness (QED) is 0.398. The lowest BCUT2D eigenvalue weighted by Gasteiger charge is -2.28. The number of aromatic nitrogens is 1. The van der Waals surface area contributed by atoms with E-state index in [2.05, 4.69) is 50.1 Å². The lowest BCUT2D eigenvalue weighted by molar-refractivity contribution is 0.254. The molecule has 0 spiro atoms. The molecule has 7 nitrogen and oxygen atoms in total. The largest absolute Gasteiger partial charge is 0.362 e. The van der Waals surface area contributed by atoms with Crippen LogP contribution in [-0.2, 0) is 19.4 Å². The molecule has 1 aliphatic heterocycles. The highest BCUT2D eigenvalue weighted by molar-refractivity contribution is 7.15. The van der Waals surface area contributed by atoms with Crippen LogP contribution in [0, 0.1) is 5.41 Å². The summed E-state index contributed by atoms with van der Waals surface area (Å²) in [6.45, 7) is 1.72. The fraction of sp³-hybridized carbons (Fsp3) is 0.208. The normalized spacial score (nSPS) is 13.0.